The molecular formula is C36H56S. The lowest BCUT2D eigenvalue weighted by Crippen LogP contribution is -2.68. The van der Waals surface area contributed by atoms with Crippen LogP contribution in [0.15, 0.2) is 30.3 Å². The fraction of sp³-hybridized carbons (Fsp3) is 0.833. The topological polar surface area (TPSA) is 0 Å². The van der Waals surface area contributed by atoms with Crippen LogP contribution in [-0.2, 0) is 0 Å². The minimum Gasteiger partial charge on any atom is -0.176 e. The third-order valence-electron chi connectivity index (χ3n) is 14.8. The van der Waals surface area contributed by atoms with Gasteiger partial charge < -0.3 is 0 Å². The zero-order valence-corrected chi connectivity index (χ0v) is 26.2. The lowest BCUT2D eigenvalue weighted by atomic mass is 9.30. The molecule has 0 saturated heterocycles. The molecule has 0 amide bonds. The maximum absolute atomic E-state index is 5.25. The van der Waals surface area contributed by atoms with Crippen molar-refractivity contribution < 1.29 is 0 Å². The zero-order valence-electron chi connectivity index (χ0n) is 25.3. The molecule has 0 radical (unpaired) electrons. The molecule has 5 aliphatic carbocycles. The summed E-state index contributed by atoms with van der Waals surface area (Å²) < 4.78 is 0. The van der Waals surface area contributed by atoms with Crippen molar-refractivity contribution in [3.63, 3.8) is 0 Å². The molecule has 5 saturated carbocycles. The Labute approximate surface area is 235 Å². The van der Waals surface area contributed by atoms with Crippen molar-refractivity contribution in [2.24, 2.45) is 62.6 Å². The van der Waals surface area contributed by atoms with Crippen LogP contribution in [-0.4, -0.2) is 5.25 Å². The van der Waals surface area contributed by atoms with Gasteiger partial charge in [-0.15, -0.1) is 0 Å². The molecule has 0 spiro atoms. The molecule has 37 heavy (non-hydrogen) atoms. The molecule has 12 atom stereocenters. The van der Waals surface area contributed by atoms with Gasteiger partial charge in [0.25, 0.3) is 0 Å². The minimum atomic E-state index is 0.331. The lowest BCUT2D eigenvalue weighted by molar-refractivity contribution is -0.251. The summed E-state index contributed by atoms with van der Waals surface area (Å²) in [5.41, 5.74) is 3.72. The van der Waals surface area contributed by atoms with Gasteiger partial charge >= 0.3 is 0 Å². The first kappa shape index (κ1) is 26.8. The van der Waals surface area contributed by atoms with Crippen molar-refractivity contribution >= 4 is 12.6 Å². The van der Waals surface area contributed by atoms with E-state index in [1.807, 2.05) is 0 Å². The predicted molar refractivity (Wildman–Crippen MR) is 162 cm³/mol. The molecule has 6 rings (SSSR count). The Morgan fingerprint density at radius 3 is 2.16 bits per heavy atom. The largest absolute Gasteiger partial charge is 0.176 e. The first-order valence-corrected chi connectivity index (χ1v) is 16.5. The average molecular weight is 521 g/mol. The normalized spacial score (nSPS) is 54.8. The van der Waals surface area contributed by atoms with Gasteiger partial charge in [0.1, 0.15) is 0 Å². The van der Waals surface area contributed by atoms with Crippen LogP contribution >= 0.6 is 12.6 Å². The molecule has 206 valence electrons. The molecule has 5 fully saturated rings. The summed E-state index contributed by atoms with van der Waals surface area (Å²) in [4.78, 5) is 0. The second-order valence-corrected chi connectivity index (χ2v) is 17.6. The Morgan fingerprint density at radius 1 is 0.757 bits per heavy atom. The Balaban J connectivity index is 1.49. The fourth-order valence-electron chi connectivity index (χ4n) is 13.2. The minimum absolute atomic E-state index is 0.331. The van der Waals surface area contributed by atoms with E-state index in [9.17, 15) is 0 Å². The number of fused-ring (bicyclic) bond motifs is 7. The average Bonchev–Trinajstić information content (AvgIpc) is 2.81. The van der Waals surface area contributed by atoms with Crippen LogP contribution in [0.5, 0.6) is 0 Å². The van der Waals surface area contributed by atoms with E-state index in [0.29, 0.717) is 38.2 Å². The van der Waals surface area contributed by atoms with E-state index in [1.54, 1.807) is 5.56 Å². The summed E-state index contributed by atoms with van der Waals surface area (Å²) in [6, 6.07) is 11.8. The van der Waals surface area contributed by atoms with Crippen molar-refractivity contribution in [1.29, 1.82) is 0 Å². The summed E-state index contributed by atoms with van der Waals surface area (Å²) in [5, 5.41) is 0.536. The first-order valence-electron chi connectivity index (χ1n) is 16.0. The second kappa shape index (κ2) is 8.54. The molecule has 2 unspecified atom stereocenters. The van der Waals surface area contributed by atoms with Gasteiger partial charge in [-0.25, -0.2) is 0 Å². The summed E-state index contributed by atoms with van der Waals surface area (Å²) in [6.07, 6.45) is 12.7. The second-order valence-electron chi connectivity index (χ2n) is 16.9. The Bertz CT molecular complexity index is 1010. The van der Waals surface area contributed by atoms with Crippen molar-refractivity contribution in [2.45, 2.75) is 124 Å². The van der Waals surface area contributed by atoms with Crippen molar-refractivity contribution in [3.05, 3.63) is 35.9 Å². The molecule has 0 nitrogen and oxygen atoms in total. The third kappa shape index (κ3) is 3.60. The summed E-state index contributed by atoms with van der Waals surface area (Å²) in [7, 11) is 0. The first-order chi connectivity index (χ1) is 17.3. The molecule has 0 N–H and O–H groups in total. The van der Waals surface area contributed by atoms with E-state index in [-0.39, 0.29) is 0 Å². The molecule has 0 aliphatic heterocycles. The van der Waals surface area contributed by atoms with Crippen LogP contribution in [0.4, 0.5) is 0 Å². The van der Waals surface area contributed by atoms with Gasteiger partial charge in [0.15, 0.2) is 0 Å². The number of thiol groups is 1. The molecule has 1 aromatic carbocycles. The zero-order chi connectivity index (χ0) is 26.6. The monoisotopic (exact) mass is 520 g/mol. The molecule has 0 heterocycles. The van der Waals surface area contributed by atoms with Crippen LogP contribution in [0.25, 0.3) is 0 Å². The molecule has 0 bridgehead atoms. The van der Waals surface area contributed by atoms with E-state index in [1.165, 1.54) is 57.8 Å². The van der Waals surface area contributed by atoms with E-state index in [2.05, 4.69) is 85.7 Å². The summed E-state index contributed by atoms with van der Waals surface area (Å²) >= 11 is 5.25. The van der Waals surface area contributed by atoms with Crippen LogP contribution in [0.3, 0.4) is 0 Å². The summed E-state index contributed by atoms with van der Waals surface area (Å²) in [6.45, 7) is 21.5. The summed E-state index contributed by atoms with van der Waals surface area (Å²) in [5.74, 6) is 5.79. The lowest BCUT2D eigenvalue weighted by Gasteiger charge is -2.75. The van der Waals surface area contributed by atoms with Crippen LogP contribution in [0.2, 0.25) is 0 Å². The van der Waals surface area contributed by atoms with Gasteiger partial charge in [-0.1, -0.05) is 85.7 Å². The van der Waals surface area contributed by atoms with Gasteiger partial charge in [-0.2, -0.15) is 12.6 Å². The molecular weight excluding hydrogens is 464 g/mol. The maximum atomic E-state index is 5.25. The quantitative estimate of drug-likeness (QED) is 0.350. The van der Waals surface area contributed by atoms with Crippen molar-refractivity contribution in [3.8, 4) is 0 Å². The SMILES string of the molecule is C[C@@H]1[C@H]2[C@H]3CC[C@@H]4[C@@]5(C)CC(S)CC(C)(C)[C@@H]5C(c5ccccc5)C[C@@]4(C)[C@]3(C)CC[C@@]2(C)CC[C@H]1C. The Hall–Kier alpha value is -0.430. The van der Waals surface area contributed by atoms with Gasteiger partial charge in [0.2, 0.25) is 0 Å². The van der Waals surface area contributed by atoms with Gasteiger partial charge in [-0.05, 0) is 132 Å². The highest BCUT2D eigenvalue weighted by atomic mass is 32.1. The third-order valence-corrected chi connectivity index (χ3v) is 15.2. The highest BCUT2D eigenvalue weighted by Crippen LogP contribution is 2.78. The van der Waals surface area contributed by atoms with Crippen LogP contribution < -0.4 is 0 Å². The van der Waals surface area contributed by atoms with Crippen LogP contribution in [0.1, 0.15) is 125 Å². The maximum Gasteiger partial charge on any atom is 0.00273 e. The van der Waals surface area contributed by atoms with Gasteiger partial charge in [0.05, 0.1) is 0 Å². The Morgan fingerprint density at radius 2 is 1.46 bits per heavy atom. The number of benzene rings is 1. The van der Waals surface area contributed by atoms with E-state index >= 15 is 0 Å². The van der Waals surface area contributed by atoms with Crippen molar-refractivity contribution in [2.75, 3.05) is 0 Å². The predicted octanol–water partition coefficient (Wildman–Crippen LogP) is 10.4. The van der Waals surface area contributed by atoms with E-state index in [4.69, 9.17) is 12.6 Å². The number of hydrogen-bond donors (Lipinski definition) is 1. The molecule has 1 aromatic rings. The smallest absolute Gasteiger partial charge is 0.00273 e. The van der Waals surface area contributed by atoms with Gasteiger partial charge in [0, 0.05) is 5.25 Å². The number of rotatable bonds is 1. The van der Waals surface area contributed by atoms with E-state index < -0.39 is 0 Å². The van der Waals surface area contributed by atoms with Crippen LogP contribution in [0, 0.1) is 62.6 Å². The standard InChI is InChI=1S/C36H56S/c1-23-16-17-33(5)18-19-35(7)28(30(33)24(23)2)14-15-29-34(6)21-26(37)20-32(3,4)31(34)27(22-36(29,35)8)25-12-10-9-11-13-25/h9-13,23-24,26-31,37H,14-22H2,1-8H3/t23-,24+,26?,27?,28-,29-,30+,31+,33-,34-,35-,36-/m1/s1. The number of hydrogen-bond acceptors (Lipinski definition) is 1. The molecule has 1 heteroatoms. The van der Waals surface area contributed by atoms with E-state index in [0.717, 1.165) is 35.5 Å². The highest BCUT2D eigenvalue weighted by molar-refractivity contribution is 7.80. The molecule has 5 aliphatic rings. The van der Waals surface area contributed by atoms with Crippen molar-refractivity contribution in [1.82, 2.24) is 0 Å². The molecule has 0 aromatic heterocycles. The fourth-order valence-corrected chi connectivity index (χ4v) is 14.1. The highest BCUT2D eigenvalue weighted by Gasteiger charge is 2.71. The van der Waals surface area contributed by atoms with Gasteiger partial charge in [-0.3, -0.25) is 0 Å². The Kier molecular flexibility index (Phi) is 6.18.